The van der Waals surface area contributed by atoms with Crippen LogP contribution in [0.15, 0.2) is 0 Å². The minimum atomic E-state index is -0.556. The zero-order valence-corrected chi connectivity index (χ0v) is 11.2. The molecule has 96 valence electrons. The Hall–Kier alpha value is -0.610. The summed E-state index contributed by atoms with van der Waals surface area (Å²) in [4.78, 5) is 13.9. The molecule has 0 bridgehead atoms. The summed E-state index contributed by atoms with van der Waals surface area (Å²) in [5, 5.41) is 0. The van der Waals surface area contributed by atoms with Gasteiger partial charge >= 0.3 is 5.97 Å². The van der Waals surface area contributed by atoms with Crippen LogP contribution in [0.5, 0.6) is 0 Å². The van der Waals surface area contributed by atoms with Crippen LogP contribution in [0.3, 0.4) is 0 Å². The van der Waals surface area contributed by atoms with Gasteiger partial charge in [0.25, 0.3) is 0 Å². The Bertz CT molecular complexity index is 203. The van der Waals surface area contributed by atoms with E-state index in [0.717, 1.165) is 13.1 Å². The molecule has 0 aliphatic rings. The Kier molecular flexibility index (Phi) is 7.34. The summed E-state index contributed by atoms with van der Waals surface area (Å²) in [5.74, 6) is 0.0346. The van der Waals surface area contributed by atoms with Crippen molar-refractivity contribution < 1.29 is 9.53 Å². The zero-order valence-electron chi connectivity index (χ0n) is 11.2. The zero-order chi connectivity index (χ0) is 12.7. The molecule has 0 saturated carbocycles. The number of rotatable bonds is 7. The normalized spacial score (nSPS) is 15.2. The molecule has 0 heterocycles. The Balaban J connectivity index is 4.69. The summed E-state index contributed by atoms with van der Waals surface area (Å²) in [6, 6.07) is -0.506. The van der Waals surface area contributed by atoms with Crippen molar-refractivity contribution in [2.45, 2.75) is 46.7 Å². The monoisotopic (exact) mass is 230 g/mol. The summed E-state index contributed by atoms with van der Waals surface area (Å²) >= 11 is 0. The van der Waals surface area contributed by atoms with Gasteiger partial charge in [-0.05, 0) is 25.9 Å². The molecule has 0 aromatic rings. The van der Waals surface area contributed by atoms with Crippen LogP contribution in [0, 0.1) is 5.92 Å². The highest BCUT2D eigenvalue weighted by atomic mass is 16.5. The van der Waals surface area contributed by atoms with Crippen LogP contribution in [0.25, 0.3) is 0 Å². The molecule has 2 N–H and O–H groups in total. The van der Waals surface area contributed by atoms with Gasteiger partial charge in [0.2, 0.25) is 0 Å². The van der Waals surface area contributed by atoms with Crippen molar-refractivity contribution in [2.75, 3.05) is 19.7 Å². The molecule has 16 heavy (non-hydrogen) atoms. The maximum atomic E-state index is 11.7. The molecule has 0 radical (unpaired) electrons. The van der Waals surface area contributed by atoms with Gasteiger partial charge in [-0.3, -0.25) is 9.69 Å². The molecule has 0 fully saturated rings. The number of likely N-dealkylation sites (N-methyl/N-ethyl adjacent to an activating group) is 1. The van der Waals surface area contributed by atoms with Gasteiger partial charge in [-0.15, -0.1) is 0 Å². The maximum Gasteiger partial charge on any atom is 0.324 e. The number of esters is 1. The minimum Gasteiger partial charge on any atom is -0.465 e. The lowest BCUT2D eigenvalue weighted by Crippen LogP contribution is -2.54. The molecule has 0 spiro atoms. The lowest BCUT2D eigenvalue weighted by Gasteiger charge is -2.35. The number of nitrogens with two attached hydrogens (primary N) is 1. The summed E-state index contributed by atoms with van der Waals surface area (Å²) in [5.41, 5.74) is 5.98. The summed E-state index contributed by atoms with van der Waals surface area (Å²) < 4.78 is 4.98. The van der Waals surface area contributed by atoms with E-state index in [1.807, 2.05) is 0 Å². The minimum absolute atomic E-state index is 0.0500. The lowest BCUT2D eigenvalue weighted by atomic mass is 9.95. The van der Waals surface area contributed by atoms with E-state index in [0.29, 0.717) is 12.5 Å². The summed E-state index contributed by atoms with van der Waals surface area (Å²) in [6.45, 7) is 12.3. The van der Waals surface area contributed by atoms with Crippen molar-refractivity contribution in [3.63, 3.8) is 0 Å². The smallest absolute Gasteiger partial charge is 0.324 e. The van der Waals surface area contributed by atoms with Gasteiger partial charge in [0.1, 0.15) is 6.04 Å². The van der Waals surface area contributed by atoms with Crippen LogP contribution in [0.1, 0.15) is 34.6 Å². The fourth-order valence-corrected chi connectivity index (χ4v) is 2.09. The molecule has 0 rings (SSSR count). The molecular formula is C12H26N2O2. The van der Waals surface area contributed by atoms with Gasteiger partial charge in [0.15, 0.2) is 0 Å². The summed E-state index contributed by atoms with van der Waals surface area (Å²) in [6.07, 6.45) is 0. The average Bonchev–Trinajstić information content (AvgIpc) is 2.24. The van der Waals surface area contributed by atoms with Gasteiger partial charge < -0.3 is 10.5 Å². The fraction of sp³-hybridized carbons (Fsp3) is 0.917. The molecule has 0 aliphatic heterocycles. The van der Waals surface area contributed by atoms with E-state index >= 15 is 0 Å². The maximum absolute atomic E-state index is 11.7. The van der Waals surface area contributed by atoms with Crippen LogP contribution in [-0.4, -0.2) is 42.6 Å². The largest absolute Gasteiger partial charge is 0.465 e. The number of carbonyl (C=O) groups excluding carboxylic acids is 1. The van der Waals surface area contributed by atoms with E-state index in [1.165, 1.54) is 0 Å². The number of hydrogen-bond acceptors (Lipinski definition) is 4. The average molecular weight is 230 g/mol. The first-order valence-electron chi connectivity index (χ1n) is 6.15. The third-order valence-electron chi connectivity index (χ3n) is 2.84. The van der Waals surface area contributed by atoms with Gasteiger partial charge in [-0.2, -0.15) is 0 Å². The molecular weight excluding hydrogens is 204 g/mol. The summed E-state index contributed by atoms with van der Waals surface area (Å²) in [7, 11) is 0. The second-order valence-electron chi connectivity index (χ2n) is 4.23. The first-order valence-corrected chi connectivity index (χ1v) is 6.15. The highest BCUT2D eigenvalue weighted by Gasteiger charge is 2.31. The topological polar surface area (TPSA) is 55.6 Å². The van der Waals surface area contributed by atoms with Crippen molar-refractivity contribution in [3.8, 4) is 0 Å². The van der Waals surface area contributed by atoms with Crippen molar-refractivity contribution >= 4 is 5.97 Å². The second kappa shape index (κ2) is 7.63. The van der Waals surface area contributed by atoms with Crippen LogP contribution < -0.4 is 5.73 Å². The molecule has 0 amide bonds. The fourth-order valence-electron chi connectivity index (χ4n) is 2.09. The predicted molar refractivity (Wildman–Crippen MR) is 66.2 cm³/mol. The standard InChI is InChI=1S/C12H26N2O2/c1-6-14(7-2)11(9(4)5)10(13)12(15)16-8-3/h9-11H,6-8,13H2,1-5H3/t10-,11+/m0/s1. The second-order valence-corrected chi connectivity index (χ2v) is 4.23. The molecule has 0 unspecified atom stereocenters. The number of carbonyl (C=O) groups is 1. The van der Waals surface area contributed by atoms with Crippen molar-refractivity contribution in [1.29, 1.82) is 0 Å². The highest BCUT2D eigenvalue weighted by molar-refractivity contribution is 5.76. The number of hydrogen-bond donors (Lipinski definition) is 1. The van der Waals surface area contributed by atoms with Crippen molar-refractivity contribution in [1.82, 2.24) is 4.90 Å². The van der Waals surface area contributed by atoms with Crippen molar-refractivity contribution in [2.24, 2.45) is 11.7 Å². The SMILES string of the molecule is CCOC(=O)[C@@H](N)[C@@H](C(C)C)N(CC)CC. The Morgan fingerprint density at radius 3 is 2.06 bits per heavy atom. The van der Waals surface area contributed by atoms with E-state index in [9.17, 15) is 4.79 Å². The van der Waals surface area contributed by atoms with Gasteiger partial charge in [-0.1, -0.05) is 27.7 Å². The van der Waals surface area contributed by atoms with Crippen LogP contribution in [-0.2, 0) is 9.53 Å². The molecule has 4 nitrogen and oxygen atoms in total. The molecule has 0 aromatic heterocycles. The highest BCUT2D eigenvalue weighted by Crippen LogP contribution is 2.14. The van der Waals surface area contributed by atoms with Gasteiger partial charge in [0, 0.05) is 6.04 Å². The Labute approximate surface area is 99.1 Å². The first-order chi connectivity index (χ1) is 7.49. The quantitative estimate of drug-likeness (QED) is 0.669. The van der Waals surface area contributed by atoms with E-state index < -0.39 is 6.04 Å². The Morgan fingerprint density at radius 1 is 1.25 bits per heavy atom. The molecule has 2 atom stereocenters. The predicted octanol–water partition coefficient (Wildman–Crippen LogP) is 1.24. The molecule has 0 aromatic carbocycles. The third kappa shape index (κ3) is 4.10. The van der Waals surface area contributed by atoms with Crippen LogP contribution in [0.2, 0.25) is 0 Å². The van der Waals surface area contributed by atoms with E-state index in [-0.39, 0.29) is 12.0 Å². The van der Waals surface area contributed by atoms with Crippen LogP contribution in [0.4, 0.5) is 0 Å². The van der Waals surface area contributed by atoms with Gasteiger partial charge in [0.05, 0.1) is 6.61 Å². The lowest BCUT2D eigenvalue weighted by molar-refractivity contribution is -0.147. The number of nitrogens with zero attached hydrogens (tertiary/aromatic N) is 1. The molecule has 0 aliphatic carbocycles. The number of ether oxygens (including phenoxy) is 1. The van der Waals surface area contributed by atoms with Crippen LogP contribution >= 0.6 is 0 Å². The first kappa shape index (κ1) is 15.4. The van der Waals surface area contributed by atoms with Gasteiger partial charge in [-0.25, -0.2) is 0 Å². The van der Waals surface area contributed by atoms with E-state index in [2.05, 4.69) is 32.6 Å². The van der Waals surface area contributed by atoms with E-state index in [1.54, 1.807) is 6.92 Å². The molecule has 0 saturated heterocycles. The van der Waals surface area contributed by atoms with E-state index in [4.69, 9.17) is 10.5 Å². The third-order valence-corrected chi connectivity index (χ3v) is 2.84. The Morgan fingerprint density at radius 2 is 1.75 bits per heavy atom. The molecule has 4 heteroatoms. The van der Waals surface area contributed by atoms with Crippen molar-refractivity contribution in [3.05, 3.63) is 0 Å².